The van der Waals surface area contributed by atoms with Crippen LogP contribution in [0.15, 0.2) is 0 Å². The van der Waals surface area contributed by atoms with Gasteiger partial charge < -0.3 is 4.74 Å². The van der Waals surface area contributed by atoms with Gasteiger partial charge in [0.1, 0.15) is 0 Å². The highest BCUT2D eigenvalue weighted by Gasteiger charge is 1.85. The number of carbonyl (C=O) groups is 1. The summed E-state index contributed by atoms with van der Waals surface area (Å²) in [5.41, 5.74) is 0. The zero-order valence-electron chi connectivity index (χ0n) is 8.73. The molecule has 0 bridgehead atoms. The van der Waals surface area contributed by atoms with Crippen LogP contribution in [0, 0.1) is 0 Å². The molecule has 0 spiro atoms. The fourth-order valence-corrected chi connectivity index (χ4v) is 0.246. The minimum atomic E-state index is -0.193. The largest absolute Gasteiger partial charge is 0.466 e. The highest BCUT2D eigenvalue weighted by atomic mass is 16.5. The van der Waals surface area contributed by atoms with Crippen molar-refractivity contribution in [1.29, 1.82) is 0 Å². The Morgan fingerprint density at radius 3 is 1.64 bits per heavy atom. The van der Waals surface area contributed by atoms with Crippen molar-refractivity contribution in [3.8, 4) is 0 Å². The fraction of sp³-hybridized carbons (Fsp3) is 0.889. The maximum Gasteiger partial charge on any atom is 0.302 e. The van der Waals surface area contributed by atoms with Gasteiger partial charge in [-0.2, -0.15) is 0 Å². The van der Waals surface area contributed by atoms with Gasteiger partial charge in [0.15, 0.2) is 0 Å². The van der Waals surface area contributed by atoms with E-state index in [-0.39, 0.29) is 5.97 Å². The molecule has 0 fully saturated rings. The van der Waals surface area contributed by atoms with Crippen molar-refractivity contribution in [1.82, 2.24) is 0 Å². The van der Waals surface area contributed by atoms with Crippen LogP contribution in [0.5, 0.6) is 0 Å². The average molecular weight is 162 g/mol. The molecule has 0 rings (SSSR count). The van der Waals surface area contributed by atoms with Crippen LogP contribution < -0.4 is 0 Å². The molecule has 2 heteroatoms. The molecule has 0 saturated carbocycles. The van der Waals surface area contributed by atoms with Crippen molar-refractivity contribution >= 4 is 5.97 Å². The van der Waals surface area contributed by atoms with Gasteiger partial charge in [-0.15, -0.1) is 0 Å². The van der Waals surface area contributed by atoms with E-state index >= 15 is 0 Å². The van der Waals surface area contributed by atoms with Crippen molar-refractivity contribution in [2.45, 2.75) is 48.0 Å². The third kappa shape index (κ3) is 43.9. The number of hydrogen-bond donors (Lipinski definition) is 0. The molecule has 0 radical (unpaired) electrons. The van der Waals surface area contributed by atoms with E-state index in [1.807, 2.05) is 34.6 Å². The third-order valence-corrected chi connectivity index (χ3v) is 0.509. The summed E-state index contributed by atoms with van der Waals surface area (Å²) >= 11 is 0. The van der Waals surface area contributed by atoms with E-state index in [9.17, 15) is 4.79 Å². The number of hydrogen-bond acceptors (Lipinski definition) is 2. The Labute approximate surface area is 70.9 Å². The summed E-state index contributed by atoms with van der Waals surface area (Å²) < 4.78 is 4.55. The zero-order chi connectivity index (χ0) is 9.70. The molecule has 0 unspecified atom stereocenters. The van der Waals surface area contributed by atoms with Gasteiger partial charge in [-0.05, 0) is 6.42 Å². The van der Waals surface area contributed by atoms with Gasteiger partial charge in [0.05, 0.1) is 6.61 Å². The summed E-state index contributed by atoms with van der Waals surface area (Å²) in [6, 6.07) is 0. The second kappa shape index (κ2) is 22.7. The first-order chi connectivity index (χ1) is 5.27. The molecule has 0 aromatic carbocycles. The summed E-state index contributed by atoms with van der Waals surface area (Å²) in [4.78, 5) is 9.98. The molecule has 70 valence electrons. The highest BCUT2D eigenvalue weighted by molar-refractivity contribution is 5.65. The Balaban J connectivity index is -0.000000138. The molecule has 0 heterocycles. The molecule has 0 saturated heterocycles. The quantitative estimate of drug-likeness (QED) is 0.583. The van der Waals surface area contributed by atoms with Crippen LogP contribution in [0.25, 0.3) is 0 Å². The number of carbonyl (C=O) groups excluding carboxylic acids is 1. The molecule has 0 atom stereocenters. The summed E-state index contributed by atoms with van der Waals surface area (Å²) in [5.74, 6) is -0.193. The smallest absolute Gasteiger partial charge is 0.302 e. The monoisotopic (exact) mass is 162 g/mol. The Kier molecular flexibility index (Phi) is 34.7. The van der Waals surface area contributed by atoms with Crippen molar-refractivity contribution in [2.24, 2.45) is 0 Å². The predicted octanol–water partition coefficient (Wildman–Crippen LogP) is 3.01. The van der Waals surface area contributed by atoms with Gasteiger partial charge in [0.2, 0.25) is 0 Å². The molecule has 0 aliphatic carbocycles. The Morgan fingerprint density at radius 2 is 1.55 bits per heavy atom. The zero-order valence-corrected chi connectivity index (χ0v) is 8.73. The van der Waals surface area contributed by atoms with Crippen LogP contribution in [-0.2, 0) is 9.53 Å². The standard InChI is InChI=1S/C5H10O2.2C2H6/c1-3-4-7-5(2)6;2*1-2/h3-4H2,1-2H3;2*1-2H3. The lowest BCUT2D eigenvalue weighted by molar-refractivity contribution is -0.140. The molecule has 2 nitrogen and oxygen atoms in total. The lowest BCUT2D eigenvalue weighted by Gasteiger charge is -1.93. The van der Waals surface area contributed by atoms with Crippen molar-refractivity contribution in [2.75, 3.05) is 6.61 Å². The summed E-state index contributed by atoms with van der Waals surface area (Å²) in [6.45, 7) is 11.9. The molecular weight excluding hydrogens is 140 g/mol. The van der Waals surface area contributed by atoms with Gasteiger partial charge in [0, 0.05) is 6.92 Å². The fourth-order valence-electron chi connectivity index (χ4n) is 0.246. The molecule has 0 aromatic heterocycles. The minimum absolute atomic E-state index is 0.193. The third-order valence-electron chi connectivity index (χ3n) is 0.509. The summed E-state index contributed by atoms with van der Waals surface area (Å²) in [5, 5.41) is 0. The minimum Gasteiger partial charge on any atom is -0.466 e. The number of ether oxygens (including phenoxy) is 1. The predicted molar refractivity (Wildman–Crippen MR) is 49.6 cm³/mol. The molecule has 0 aliphatic heterocycles. The molecular formula is C9H22O2. The molecule has 0 N–H and O–H groups in total. The van der Waals surface area contributed by atoms with Crippen molar-refractivity contribution in [3.63, 3.8) is 0 Å². The Bertz CT molecular complexity index is 60.6. The molecule has 0 amide bonds. The van der Waals surface area contributed by atoms with Crippen LogP contribution in [0.4, 0.5) is 0 Å². The van der Waals surface area contributed by atoms with E-state index in [1.54, 1.807) is 0 Å². The first-order valence-corrected chi connectivity index (χ1v) is 4.40. The van der Waals surface area contributed by atoms with E-state index in [4.69, 9.17) is 0 Å². The second-order valence-corrected chi connectivity index (χ2v) is 1.34. The van der Waals surface area contributed by atoms with E-state index in [0.29, 0.717) is 6.61 Å². The van der Waals surface area contributed by atoms with E-state index in [2.05, 4.69) is 4.74 Å². The van der Waals surface area contributed by atoms with Crippen LogP contribution in [0.3, 0.4) is 0 Å². The Hall–Kier alpha value is -0.530. The van der Waals surface area contributed by atoms with E-state index in [0.717, 1.165) is 6.42 Å². The van der Waals surface area contributed by atoms with Gasteiger partial charge >= 0.3 is 5.97 Å². The Morgan fingerprint density at radius 1 is 1.18 bits per heavy atom. The van der Waals surface area contributed by atoms with Gasteiger partial charge in [0.25, 0.3) is 0 Å². The van der Waals surface area contributed by atoms with E-state index < -0.39 is 0 Å². The lowest BCUT2D eigenvalue weighted by Crippen LogP contribution is -1.98. The SMILES string of the molecule is CC.CC.CCCOC(C)=O. The number of esters is 1. The average Bonchev–Trinajstić information content (AvgIpc) is 2.08. The first-order valence-electron chi connectivity index (χ1n) is 4.40. The van der Waals surface area contributed by atoms with Gasteiger partial charge in [-0.3, -0.25) is 4.79 Å². The van der Waals surface area contributed by atoms with Gasteiger partial charge in [-0.1, -0.05) is 34.6 Å². The molecule has 11 heavy (non-hydrogen) atoms. The molecule has 0 aromatic rings. The molecule has 0 aliphatic rings. The normalized spacial score (nSPS) is 6.36. The van der Waals surface area contributed by atoms with E-state index in [1.165, 1.54) is 6.92 Å². The van der Waals surface area contributed by atoms with Crippen LogP contribution in [0.1, 0.15) is 48.0 Å². The maximum atomic E-state index is 9.98. The van der Waals surface area contributed by atoms with Crippen LogP contribution >= 0.6 is 0 Å². The topological polar surface area (TPSA) is 26.3 Å². The van der Waals surface area contributed by atoms with Crippen LogP contribution in [0.2, 0.25) is 0 Å². The van der Waals surface area contributed by atoms with Crippen LogP contribution in [-0.4, -0.2) is 12.6 Å². The number of rotatable bonds is 2. The summed E-state index contributed by atoms with van der Waals surface area (Å²) in [7, 11) is 0. The first kappa shape index (κ1) is 16.8. The maximum absolute atomic E-state index is 9.98. The second-order valence-electron chi connectivity index (χ2n) is 1.34. The van der Waals surface area contributed by atoms with Gasteiger partial charge in [-0.25, -0.2) is 0 Å². The van der Waals surface area contributed by atoms with Crippen molar-refractivity contribution in [3.05, 3.63) is 0 Å². The summed E-state index contributed by atoms with van der Waals surface area (Å²) in [6.07, 6.45) is 0.902. The van der Waals surface area contributed by atoms with Crippen molar-refractivity contribution < 1.29 is 9.53 Å². The highest BCUT2D eigenvalue weighted by Crippen LogP contribution is 1.78. The lowest BCUT2D eigenvalue weighted by atomic mass is 10.5.